The Bertz CT molecular complexity index is 298. The van der Waals surface area contributed by atoms with Gasteiger partial charge in [0, 0.05) is 23.5 Å². The fourth-order valence-electron chi connectivity index (χ4n) is 2.06. The van der Waals surface area contributed by atoms with E-state index in [1.165, 1.54) is 6.42 Å². The summed E-state index contributed by atoms with van der Waals surface area (Å²) in [4.78, 5) is 20.6. The molecule has 0 aliphatic rings. The van der Waals surface area contributed by atoms with Crippen LogP contribution in [0, 0.1) is 11.3 Å². The molecule has 0 amide bonds. The van der Waals surface area contributed by atoms with Gasteiger partial charge in [0.1, 0.15) is 0 Å². The molecule has 0 aliphatic heterocycles. The van der Waals surface area contributed by atoms with Crippen molar-refractivity contribution in [2.45, 2.75) is 92.4 Å². The summed E-state index contributed by atoms with van der Waals surface area (Å²) in [5, 5.41) is 17.0. The summed E-state index contributed by atoms with van der Waals surface area (Å²) in [6.45, 7) is 10.6. The minimum atomic E-state index is -0.675. The van der Waals surface area contributed by atoms with E-state index < -0.39 is 11.9 Å². The van der Waals surface area contributed by atoms with Crippen molar-refractivity contribution in [3.63, 3.8) is 0 Å². The summed E-state index contributed by atoms with van der Waals surface area (Å²) < 4.78 is 0. The van der Waals surface area contributed by atoms with Crippen LogP contribution in [0.1, 0.15) is 92.4 Å². The van der Waals surface area contributed by atoms with E-state index in [2.05, 4.69) is 27.7 Å². The normalized spacial score (nSPS) is 11.7. The smallest absolute Gasteiger partial charge is 0.306 e. The van der Waals surface area contributed by atoms with Crippen molar-refractivity contribution in [2.75, 3.05) is 0 Å². The van der Waals surface area contributed by atoms with Gasteiger partial charge in [-0.05, 0) is 31.1 Å². The van der Waals surface area contributed by atoms with Crippen molar-refractivity contribution in [1.82, 2.24) is 0 Å². The minimum Gasteiger partial charge on any atom is -0.481 e. The molecule has 4 nitrogen and oxygen atoms in total. The molecule has 0 radical (unpaired) electrons. The molecule has 0 aliphatic carbocycles. The fraction of sp³-hybridized carbons (Fsp3) is 0.889. The number of aliphatic carboxylic acids is 2. The van der Waals surface area contributed by atoms with Crippen LogP contribution >= 0.6 is 0 Å². The maximum atomic E-state index is 10.4. The van der Waals surface area contributed by atoms with Crippen LogP contribution in [0.15, 0.2) is 0 Å². The molecule has 0 spiro atoms. The summed E-state index contributed by atoms with van der Waals surface area (Å²) >= 11 is 0. The Balaban J connectivity index is -0.000000338. The summed E-state index contributed by atoms with van der Waals surface area (Å²) in [6.07, 6.45) is 8.24. The summed E-state index contributed by atoms with van der Waals surface area (Å²) in [5.74, 6) is -1.43. The Hall–Kier alpha value is -0.541. The van der Waals surface area contributed by atoms with E-state index in [4.69, 9.17) is 10.2 Å². The van der Waals surface area contributed by atoms with E-state index in [9.17, 15) is 9.59 Å². The van der Waals surface area contributed by atoms with Crippen LogP contribution in [0.2, 0.25) is 0 Å². The van der Waals surface area contributed by atoms with Gasteiger partial charge in [0.05, 0.1) is 5.92 Å². The minimum absolute atomic E-state index is 0. The number of carboxylic acid groups (broad SMARTS) is 2. The molecule has 0 fully saturated rings. The van der Waals surface area contributed by atoms with Crippen LogP contribution < -0.4 is 0 Å². The molecule has 1 atom stereocenters. The summed E-state index contributed by atoms with van der Waals surface area (Å²) in [5.41, 5.74) is 0.392. The summed E-state index contributed by atoms with van der Waals surface area (Å²) in [7, 11) is 0. The molecule has 23 heavy (non-hydrogen) atoms. The van der Waals surface area contributed by atoms with Gasteiger partial charge in [0.2, 0.25) is 0 Å². The zero-order chi connectivity index (χ0) is 17.6. The standard InChI is InChI=1S/C10H20O2.C8H16O2.Fe/c1-10(2,3)8-6-4-5-7-9(11)12;1-3-5-6-7(4-2)8(9)10;/h4-8H2,1-3H3,(H,11,12);7H,3-6H2,1-2H3,(H,9,10);. The fourth-order valence-corrected chi connectivity index (χ4v) is 2.06. The van der Waals surface area contributed by atoms with Crippen molar-refractivity contribution in [3.8, 4) is 0 Å². The SMILES string of the molecule is CC(C)(C)CCCCCC(=O)O.CCCCC(CC)C(=O)O.[Fe]. The average molecular weight is 372 g/mol. The number of unbranched alkanes of at least 4 members (excludes halogenated alkanes) is 3. The molecule has 0 heterocycles. The number of hydrogen-bond acceptors (Lipinski definition) is 2. The molecule has 5 heteroatoms. The van der Waals surface area contributed by atoms with Gasteiger partial charge in [0.25, 0.3) is 0 Å². The Morgan fingerprint density at radius 2 is 1.52 bits per heavy atom. The van der Waals surface area contributed by atoms with E-state index in [1.807, 2.05) is 6.92 Å². The van der Waals surface area contributed by atoms with Gasteiger partial charge in [-0.2, -0.15) is 0 Å². The predicted molar refractivity (Wildman–Crippen MR) is 91.1 cm³/mol. The van der Waals surface area contributed by atoms with E-state index in [0.29, 0.717) is 11.8 Å². The van der Waals surface area contributed by atoms with Crippen molar-refractivity contribution in [2.24, 2.45) is 11.3 Å². The second-order valence-electron chi connectivity index (χ2n) is 7.10. The Morgan fingerprint density at radius 3 is 1.87 bits per heavy atom. The van der Waals surface area contributed by atoms with Crippen LogP contribution in [-0.4, -0.2) is 22.2 Å². The van der Waals surface area contributed by atoms with E-state index in [1.54, 1.807) is 0 Å². The van der Waals surface area contributed by atoms with Crippen molar-refractivity contribution >= 4 is 11.9 Å². The third-order valence-corrected chi connectivity index (χ3v) is 3.57. The molecule has 0 saturated carbocycles. The second-order valence-corrected chi connectivity index (χ2v) is 7.10. The largest absolute Gasteiger partial charge is 0.481 e. The molecule has 0 saturated heterocycles. The third-order valence-electron chi connectivity index (χ3n) is 3.57. The molecule has 140 valence electrons. The van der Waals surface area contributed by atoms with Crippen LogP contribution in [0.4, 0.5) is 0 Å². The molecule has 0 rings (SSSR count). The van der Waals surface area contributed by atoms with Gasteiger partial charge < -0.3 is 10.2 Å². The molecule has 0 aromatic carbocycles. The van der Waals surface area contributed by atoms with Gasteiger partial charge in [-0.3, -0.25) is 9.59 Å². The van der Waals surface area contributed by atoms with Crippen molar-refractivity contribution in [3.05, 3.63) is 0 Å². The molecule has 1 unspecified atom stereocenters. The Kier molecular flexibility index (Phi) is 19.4. The van der Waals surface area contributed by atoms with Crippen LogP contribution in [-0.2, 0) is 26.7 Å². The maximum Gasteiger partial charge on any atom is 0.306 e. The zero-order valence-corrected chi connectivity index (χ0v) is 16.6. The Labute approximate surface area is 152 Å². The van der Waals surface area contributed by atoms with Gasteiger partial charge in [-0.1, -0.05) is 60.3 Å². The molecule has 0 bridgehead atoms. The van der Waals surface area contributed by atoms with Gasteiger partial charge >= 0.3 is 11.9 Å². The molecule has 0 aromatic rings. The first kappa shape index (κ1) is 27.3. The third kappa shape index (κ3) is 23.8. The first-order valence-corrected chi connectivity index (χ1v) is 8.58. The summed E-state index contributed by atoms with van der Waals surface area (Å²) in [6, 6.07) is 0. The zero-order valence-electron chi connectivity index (χ0n) is 15.5. The molecule has 0 aromatic heterocycles. The van der Waals surface area contributed by atoms with E-state index >= 15 is 0 Å². The number of carboxylic acids is 2. The van der Waals surface area contributed by atoms with E-state index in [-0.39, 0.29) is 23.0 Å². The first-order chi connectivity index (χ1) is 10.1. The molecular formula is C18H36FeO4. The number of rotatable bonds is 10. The van der Waals surface area contributed by atoms with Gasteiger partial charge in [0.15, 0.2) is 0 Å². The second kappa shape index (κ2) is 16.3. The van der Waals surface area contributed by atoms with Crippen LogP contribution in [0.3, 0.4) is 0 Å². The predicted octanol–water partition coefficient (Wildman–Crippen LogP) is 5.35. The molecular weight excluding hydrogens is 336 g/mol. The number of carbonyl (C=O) groups is 2. The number of hydrogen-bond donors (Lipinski definition) is 2. The van der Waals surface area contributed by atoms with Crippen molar-refractivity contribution in [1.29, 1.82) is 0 Å². The topological polar surface area (TPSA) is 74.6 Å². The molecule has 2 N–H and O–H groups in total. The first-order valence-electron chi connectivity index (χ1n) is 8.58. The monoisotopic (exact) mass is 372 g/mol. The average Bonchev–Trinajstić information content (AvgIpc) is 2.38. The Morgan fingerprint density at radius 1 is 0.957 bits per heavy atom. The van der Waals surface area contributed by atoms with Crippen LogP contribution in [0.5, 0.6) is 0 Å². The van der Waals surface area contributed by atoms with Gasteiger partial charge in [-0.25, -0.2) is 0 Å². The van der Waals surface area contributed by atoms with Crippen LogP contribution in [0.25, 0.3) is 0 Å². The van der Waals surface area contributed by atoms with Gasteiger partial charge in [-0.15, -0.1) is 0 Å². The van der Waals surface area contributed by atoms with E-state index in [0.717, 1.165) is 44.9 Å². The van der Waals surface area contributed by atoms with Crippen molar-refractivity contribution < 1.29 is 36.9 Å². The maximum absolute atomic E-state index is 10.4. The quantitative estimate of drug-likeness (QED) is 0.400.